The first kappa shape index (κ1) is 8.46. The van der Waals surface area contributed by atoms with Gasteiger partial charge in [-0.3, -0.25) is 0 Å². The highest BCUT2D eigenvalue weighted by molar-refractivity contribution is 6.20. The van der Waals surface area contributed by atoms with Crippen molar-refractivity contribution in [3.05, 3.63) is 5.82 Å². The van der Waals surface area contributed by atoms with Gasteiger partial charge in [0.15, 0.2) is 5.82 Å². The number of aryl methyl sites for hydroxylation is 1. The lowest BCUT2D eigenvalue weighted by Crippen LogP contribution is -2.07. The van der Waals surface area contributed by atoms with E-state index in [1.807, 2.05) is 14.0 Å². The van der Waals surface area contributed by atoms with Gasteiger partial charge >= 0.3 is 0 Å². The number of nitrogens with zero attached hydrogens (tertiary/aromatic N) is 4. The third-order valence-corrected chi connectivity index (χ3v) is 2.02. The molecule has 4 nitrogen and oxygen atoms in total. The van der Waals surface area contributed by atoms with E-state index >= 15 is 0 Å². The quantitative estimate of drug-likeness (QED) is 0.636. The number of halogens is 1. The second kappa shape index (κ2) is 3.67. The van der Waals surface area contributed by atoms with Crippen molar-refractivity contribution in [3.63, 3.8) is 0 Å². The minimum absolute atomic E-state index is 0.139. The van der Waals surface area contributed by atoms with Gasteiger partial charge in [-0.25, -0.2) is 4.68 Å². The van der Waals surface area contributed by atoms with Crippen LogP contribution < -0.4 is 0 Å². The molecule has 1 heterocycles. The zero-order valence-electron chi connectivity index (χ0n) is 6.66. The van der Waals surface area contributed by atoms with Crippen LogP contribution in [0.15, 0.2) is 0 Å². The highest BCUT2D eigenvalue weighted by Crippen LogP contribution is 2.06. The van der Waals surface area contributed by atoms with E-state index in [9.17, 15) is 0 Å². The summed E-state index contributed by atoms with van der Waals surface area (Å²) in [5, 5.41) is 11.2. The monoisotopic (exact) mass is 174 g/mol. The Labute approximate surface area is 70.5 Å². The van der Waals surface area contributed by atoms with Crippen molar-refractivity contribution < 1.29 is 0 Å². The van der Waals surface area contributed by atoms with Crippen LogP contribution in [-0.2, 0) is 13.5 Å². The van der Waals surface area contributed by atoms with Gasteiger partial charge in [-0.05, 0) is 16.8 Å². The molecule has 0 saturated heterocycles. The molecule has 0 fully saturated rings. The summed E-state index contributed by atoms with van der Waals surface area (Å²) in [5.41, 5.74) is 0. The summed E-state index contributed by atoms with van der Waals surface area (Å²) in [4.78, 5) is 0. The zero-order chi connectivity index (χ0) is 8.27. The van der Waals surface area contributed by atoms with Gasteiger partial charge in [0.1, 0.15) is 0 Å². The molecular formula is C6H11ClN4. The molecule has 62 valence electrons. The topological polar surface area (TPSA) is 43.6 Å². The van der Waals surface area contributed by atoms with Crippen molar-refractivity contribution in [2.75, 3.05) is 0 Å². The Kier molecular flexibility index (Phi) is 2.82. The fourth-order valence-electron chi connectivity index (χ4n) is 0.763. The minimum atomic E-state index is 0.139. The SMILES string of the molecule is CCC(Cl)Cc1nnnn1C. The Hall–Kier alpha value is -0.640. The highest BCUT2D eigenvalue weighted by Gasteiger charge is 2.07. The van der Waals surface area contributed by atoms with E-state index in [4.69, 9.17) is 11.6 Å². The van der Waals surface area contributed by atoms with Crippen molar-refractivity contribution >= 4 is 11.6 Å². The molecule has 0 spiro atoms. The van der Waals surface area contributed by atoms with Crippen molar-refractivity contribution in [2.45, 2.75) is 25.1 Å². The average molecular weight is 175 g/mol. The number of rotatable bonds is 3. The molecule has 0 N–H and O–H groups in total. The van der Waals surface area contributed by atoms with Crippen LogP contribution in [0.3, 0.4) is 0 Å². The maximum atomic E-state index is 5.92. The molecule has 0 bridgehead atoms. The molecule has 0 radical (unpaired) electrons. The van der Waals surface area contributed by atoms with Gasteiger partial charge < -0.3 is 0 Å². The van der Waals surface area contributed by atoms with Crippen molar-refractivity contribution in [1.29, 1.82) is 0 Å². The van der Waals surface area contributed by atoms with Crippen molar-refractivity contribution in [1.82, 2.24) is 20.2 Å². The fourth-order valence-corrected chi connectivity index (χ4v) is 0.901. The molecule has 0 aliphatic heterocycles. The lowest BCUT2D eigenvalue weighted by atomic mass is 10.2. The Morgan fingerprint density at radius 3 is 2.82 bits per heavy atom. The van der Waals surface area contributed by atoms with Crippen molar-refractivity contribution in [2.24, 2.45) is 7.05 Å². The molecule has 1 aromatic rings. The summed E-state index contributed by atoms with van der Waals surface area (Å²) < 4.78 is 1.64. The maximum Gasteiger partial charge on any atom is 0.152 e. The molecule has 0 aliphatic carbocycles. The number of alkyl halides is 1. The van der Waals surface area contributed by atoms with E-state index in [1.54, 1.807) is 4.68 Å². The first-order valence-corrected chi connectivity index (χ1v) is 4.03. The molecule has 1 atom stereocenters. The van der Waals surface area contributed by atoms with Gasteiger partial charge in [0.05, 0.1) is 0 Å². The second-order valence-corrected chi connectivity index (χ2v) is 3.05. The van der Waals surface area contributed by atoms with Gasteiger partial charge in [-0.2, -0.15) is 0 Å². The first-order chi connectivity index (χ1) is 5.24. The maximum absolute atomic E-state index is 5.92. The standard InChI is InChI=1S/C6H11ClN4/c1-3-5(7)4-6-8-9-10-11(6)2/h5H,3-4H2,1-2H3. The molecule has 1 unspecified atom stereocenters. The van der Waals surface area contributed by atoms with Crippen LogP contribution in [0.25, 0.3) is 0 Å². The summed E-state index contributed by atoms with van der Waals surface area (Å²) >= 11 is 5.92. The van der Waals surface area contributed by atoms with Crippen LogP contribution in [0.4, 0.5) is 0 Å². The lowest BCUT2D eigenvalue weighted by Gasteiger charge is -2.02. The van der Waals surface area contributed by atoms with E-state index < -0.39 is 0 Å². The van der Waals surface area contributed by atoms with E-state index in [1.165, 1.54) is 0 Å². The summed E-state index contributed by atoms with van der Waals surface area (Å²) in [6.45, 7) is 2.04. The van der Waals surface area contributed by atoms with Gasteiger partial charge in [0, 0.05) is 18.8 Å². The van der Waals surface area contributed by atoms with Crippen molar-refractivity contribution in [3.8, 4) is 0 Å². The van der Waals surface area contributed by atoms with E-state index in [2.05, 4.69) is 15.5 Å². The number of aromatic nitrogens is 4. The smallest absolute Gasteiger partial charge is 0.152 e. The number of hydrogen-bond donors (Lipinski definition) is 0. The molecule has 1 aromatic heterocycles. The third kappa shape index (κ3) is 2.15. The lowest BCUT2D eigenvalue weighted by molar-refractivity contribution is 0.657. The molecule has 5 heteroatoms. The molecule has 0 amide bonds. The van der Waals surface area contributed by atoms with E-state index in [0.29, 0.717) is 0 Å². The van der Waals surface area contributed by atoms with Crippen LogP contribution in [-0.4, -0.2) is 25.6 Å². The molecule has 0 saturated carbocycles. The van der Waals surface area contributed by atoms with E-state index in [0.717, 1.165) is 18.7 Å². The zero-order valence-corrected chi connectivity index (χ0v) is 7.41. The molecule has 0 aromatic carbocycles. The average Bonchev–Trinajstić information content (AvgIpc) is 2.37. The summed E-state index contributed by atoms with van der Waals surface area (Å²) in [6, 6.07) is 0. The first-order valence-electron chi connectivity index (χ1n) is 3.59. The van der Waals surface area contributed by atoms with Crippen LogP contribution in [0.5, 0.6) is 0 Å². The Bertz CT molecular complexity index is 222. The Morgan fingerprint density at radius 2 is 2.36 bits per heavy atom. The Balaban J connectivity index is 2.56. The third-order valence-electron chi connectivity index (χ3n) is 1.55. The molecular weight excluding hydrogens is 164 g/mol. The van der Waals surface area contributed by atoms with Crippen LogP contribution >= 0.6 is 11.6 Å². The normalized spacial score (nSPS) is 13.4. The molecule has 0 aliphatic rings. The molecule has 1 rings (SSSR count). The largest absolute Gasteiger partial charge is 0.233 e. The van der Waals surface area contributed by atoms with Gasteiger partial charge in [-0.1, -0.05) is 6.92 Å². The predicted molar refractivity (Wildman–Crippen MR) is 42.4 cm³/mol. The van der Waals surface area contributed by atoms with Gasteiger partial charge in [0.2, 0.25) is 0 Å². The predicted octanol–water partition coefficient (Wildman–Crippen LogP) is 0.770. The highest BCUT2D eigenvalue weighted by atomic mass is 35.5. The van der Waals surface area contributed by atoms with Crippen LogP contribution in [0.1, 0.15) is 19.2 Å². The van der Waals surface area contributed by atoms with E-state index in [-0.39, 0.29) is 5.38 Å². The second-order valence-electron chi connectivity index (χ2n) is 2.43. The van der Waals surface area contributed by atoms with Crippen LogP contribution in [0.2, 0.25) is 0 Å². The van der Waals surface area contributed by atoms with Gasteiger partial charge in [0.25, 0.3) is 0 Å². The summed E-state index contributed by atoms with van der Waals surface area (Å²) in [7, 11) is 1.81. The van der Waals surface area contributed by atoms with Crippen LogP contribution in [0, 0.1) is 0 Å². The summed E-state index contributed by atoms with van der Waals surface area (Å²) in [6.07, 6.45) is 1.68. The minimum Gasteiger partial charge on any atom is -0.233 e. The summed E-state index contributed by atoms with van der Waals surface area (Å²) in [5.74, 6) is 0.840. The molecule has 11 heavy (non-hydrogen) atoms. The number of tetrazole rings is 1. The number of hydrogen-bond acceptors (Lipinski definition) is 3. The Morgan fingerprint density at radius 1 is 1.64 bits per heavy atom. The fraction of sp³-hybridized carbons (Fsp3) is 0.833. The van der Waals surface area contributed by atoms with Gasteiger partial charge in [-0.15, -0.1) is 16.7 Å².